The van der Waals surface area contributed by atoms with E-state index >= 15 is 0 Å². The van der Waals surface area contributed by atoms with Crippen LogP contribution in [-0.2, 0) is 6.54 Å². The Morgan fingerprint density at radius 3 is 2.11 bits per heavy atom. The summed E-state index contributed by atoms with van der Waals surface area (Å²) < 4.78 is 5.98. The molecule has 2 aromatic carbocycles. The fourth-order valence-corrected chi connectivity index (χ4v) is 1.89. The van der Waals surface area contributed by atoms with Gasteiger partial charge in [0, 0.05) is 6.54 Å². The molecule has 0 spiro atoms. The maximum Gasteiger partial charge on any atom is 0.133 e. The molecule has 0 amide bonds. The van der Waals surface area contributed by atoms with Gasteiger partial charge in [0.05, 0.1) is 0 Å². The molecule has 0 aliphatic rings. The van der Waals surface area contributed by atoms with Gasteiger partial charge < -0.3 is 10.5 Å². The Balaban J connectivity index is 2.30. The largest absolute Gasteiger partial charge is 0.457 e. The first-order valence-electron chi connectivity index (χ1n) is 6.15. The van der Waals surface area contributed by atoms with Crippen molar-refractivity contribution >= 4 is 0 Å². The normalized spacial score (nSPS) is 10.4. The van der Waals surface area contributed by atoms with E-state index in [0.29, 0.717) is 6.54 Å². The molecule has 2 rings (SSSR count). The third kappa shape index (κ3) is 2.54. The summed E-state index contributed by atoms with van der Waals surface area (Å²) in [6.07, 6.45) is 0. The SMILES string of the molecule is Cc1ccc(C)c(Oc2ccc(CN)cc2)c1C. The smallest absolute Gasteiger partial charge is 0.133 e. The summed E-state index contributed by atoms with van der Waals surface area (Å²) in [4.78, 5) is 0. The summed E-state index contributed by atoms with van der Waals surface area (Å²) in [7, 11) is 0. The van der Waals surface area contributed by atoms with Crippen molar-refractivity contribution in [3.63, 3.8) is 0 Å². The van der Waals surface area contributed by atoms with Crippen LogP contribution in [0.5, 0.6) is 11.5 Å². The third-order valence-electron chi connectivity index (χ3n) is 3.25. The molecule has 0 aliphatic heterocycles. The average Bonchev–Trinajstić information content (AvgIpc) is 2.40. The first kappa shape index (κ1) is 12.7. The van der Waals surface area contributed by atoms with Gasteiger partial charge in [-0.15, -0.1) is 0 Å². The Bertz CT molecular complexity index is 544. The fourth-order valence-electron chi connectivity index (χ4n) is 1.89. The minimum atomic E-state index is 0.558. The van der Waals surface area contributed by atoms with E-state index in [0.717, 1.165) is 22.6 Å². The number of nitrogens with two attached hydrogens (primary N) is 1. The van der Waals surface area contributed by atoms with Crippen LogP contribution in [0.1, 0.15) is 22.3 Å². The lowest BCUT2D eigenvalue weighted by atomic mass is 10.1. The van der Waals surface area contributed by atoms with Crippen molar-refractivity contribution in [2.75, 3.05) is 0 Å². The van der Waals surface area contributed by atoms with Crippen molar-refractivity contribution in [1.29, 1.82) is 0 Å². The summed E-state index contributed by atoms with van der Waals surface area (Å²) in [5, 5.41) is 0. The maximum atomic E-state index is 5.98. The topological polar surface area (TPSA) is 35.2 Å². The predicted molar refractivity (Wildman–Crippen MR) is 75.1 cm³/mol. The van der Waals surface area contributed by atoms with Gasteiger partial charge in [0.25, 0.3) is 0 Å². The van der Waals surface area contributed by atoms with Crippen molar-refractivity contribution in [2.24, 2.45) is 5.73 Å². The van der Waals surface area contributed by atoms with E-state index in [1.165, 1.54) is 11.1 Å². The fraction of sp³-hybridized carbons (Fsp3) is 0.250. The highest BCUT2D eigenvalue weighted by atomic mass is 16.5. The first-order valence-corrected chi connectivity index (χ1v) is 6.15. The number of benzene rings is 2. The number of hydrogen-bond donors (Lipinski definition) is 1. The van der Waals surface area contributed by atoms with Gasteiger partial charge in [-0.05, 0) is 55.2 Å². The van der Waals surface area contributed by atoms with Crippen LogP contribution in [0.15, 0.2) is 36.4 Å². The van der Waals surface area contributed by atoms with Gasteiger partial charge in [-0.2, -0.15) is 0 Å². The van der Waals surface area contributed by atoms with E-state index in [4.69, 9.17) is 10.5 Å². The molecule has 0 aromatic heterocycles. The van der Waals surface area contributed by atoms with E-state index in [9.17, 15) is 0 Å². The van der Waals surface area contributed by atoms with Gasteiger partial charge in [-0.3, -0.25) is 0 Å². The molecule has 0 bridgehead atoms. The number of aryl methyl sites for hydroxylation is 2. The molecule has 0 saturated heterocycles. The molecule has 0 radical (unpaired) electrons. The van der Waals surface area contributed by atoms with E-state index in [1.54, 1.807) is 0 Å². The summed E-state index contributed by atoms with van der Waals surface area (Å²) in [5.74, 6) is 1.81. The minimum Gasteiger partial charge on any atom is -0.457 e. The van der Waals surface area contributed by atoms with Crippen molar-refractivity contribution in [1.82, 2.24) is 0 Å². The lowest BCUT2D eigenvalue weighted by molar-refractivity contribution is 0.474. The van der Waals surface area contributed by atoms with Gasteiger partial charge in [0.2, 0.25) is 0 Å². The Hall–Kier alpha value is -1.80. The lowest BCUT2D eigenvalue weighted by Gasteiger charge is -2.13. The zero-order chi connectivity index (χ0) is 13.1. The molecule has 94 valence electrons. The molecular weight excluding hydrogens is 222 g/mol. The molecule has 0 aliphatic carbocycles. The monoisotopic (exact) mass is 241 g/mol. The first-order chi connectivity index (χ1) is 8.61. The number of hydrogen-bond acceptors (Lipinski definition) is 2. The van der Waals surface area contributed by atoms with Crippen LogP contribution in [0.2, 0.25) is 0 Å². The predicted octanol–water partition coefficient (Wildman–Crippen LogP) is 3.86. The van der Waals surface area contributed by atoms with Gasteiger partial charge in [0.1, 0.15) is 11.5 Å². The van der Waals surface area contributed by atoms with Crippen molar-refractivity contribution in [3.8, 4) is 11.5 Å². The van der Waals surface area contributed by atoms with Crippen LogP contribution < -0.4 is 10.5 Å². The Kier molecular flexibility index (Phi) is 3.68. The highest BCUT2D eigenvalue weighted by Crippen LogP contribution is 2.30. The molecule has 2 heteroatoms. The zero-order valence-corrected chi connectivity index (χ0v) is 11.2. The summed E-state index contributed by atoms with van der Waals surface area (Å²) >= 11 is 0. The molecule has 2 aromatic rings. The van der Waals surface area contributed by atoms with Crippen LogP contribution in [0.4, 0.5) is 0 Å². The maximum absolute atomic E-state index is 5.98. The Morgan fingerprint density at radius 1 is 0.889 bits per heavy atom. The molecule has 0 saturated carbocycles. The molecular formula is C16H19NO. The van der Waals surface area contributed by atoms with Crippen molar-refractivity contribution in [3.05, 3.63) is 58.7 Å². The van der Waals surface area contributed by atoms with Gasteiger partial charge in [-0.25, -0.2) is 0 Å². The second-order valence-electron chi connectivity index (χ2n) is 4.60. The third-order valence-corrected chi connectivity index (χ3v) is 3.25. The lowest BCUT2D eigenvalue weighted by Crippen LogP contribution is -1.96. The quantitative estimate of drug-likeness (QED) is 0.885. The van der Waals surface area contributed by atoms with E-state index in [-0.39, 0.29) is 0 Å². The van der Waals surface area contributed by atoms with Crippen LogP contribution >= 0.6 is 0 Å². The highest BCUT2D eigenvalue weighted by Gasteiger charge is 2.07. The van der Waals surface area contributed by atoms with Crippen LogP contribution in [0, 0.1) is 20.8 Å². The molecule has 2 N–H and O–H groups in total. The molecule has 0 heterocycles. The second-order valence-corrected chi connectivity index (χ2v) is 4.60. The second kappa shape index (κ2) is 5.23. The number of rotatable bonds is 3. The van der Waals surface area contributed by atoms with Gasteiger partial charge in [0.15, 0.2) is 0 Å². The molecule has 0 unspecified atom stereocenters. The Labute approximate surface area is 108 Å². The molecule has 18 heavy (non-hydrogen) atoms. The molecule has 2 nitrogen and oxygen atoms in total. The van der Waals surface area contributed by atoms with Gasteiger partial charge >= 0.3 is 0 Å². The average molecular weight is 241 g/mol. The summed E-state index contributed by atoms with van der Waals surface area (Å²) in [6, 6.07) is 12.1. The highest BCUT2D eigenvalue weighted by molar-refractivity contribution is 5.47. The van der Waals surface area contributed by atoms with Crippen LogP contribution in [-0.4, -0.2) is 0 Å². The van der Waals surface area contributed by atoms with E-state index in [2.05, 4.69) is 32.9 Å². The van der Waals surface area contributed by atoms with Crippen molar-refractivity contribution in [2.45, 2.75) is 27.3 Å². The minimum absolute atomic E-state index is 0.558. The summed E-state index contributed by atoms with van der Waals surface area (Å²) in [6.45, 7) is 6.81. The molecule has 0 fully saturated rings. The van der Waals surface area contributed by atoms with Gasteiger partial charge in [-0.1, -0.05) is 24.3 Å². The summed E-state index contributed by atoms with van der Waals surface area (Å²) in [5.41, 5.74) is 10.3. The molecule has 0 atom stereocenters. The van der Waals surface area contributed by atoms with E-state index in [1.807, 2.05) is 24.3 Å². The standard InChI is InChI=1S/C16H19NO/c1-11-4-5-12(2)16(13(11)3)18-15-8-6-14(10-17)7-9-15/h4-9H,10,17H2,1-3H3. The van der Waals surface area contributed by atoms with E-state index < -0.39 is 0 Å². The number of ether oxygens (including phenoxy) is 1. The van der Waals surface area contributed by atoms with Crippen molar-refractivity contribution < 1.29 is 4.74 Å². The van der Waals surface area contributed by atoms with Crippen LogP contribution in [0.25, 0.3) is 0 Å². The zero-order valence-electron chi connectivity index (χ0n) is 11.2. The van der Waals surface area contributed by atoms with Crippen LogP contribution in [0.3, 0.4) is 0 Å². The Morgan fingerprint density at radius 2 is 1.50 bits per heavy atom.